The molecule has 1 N–H and O–H groups in total. The number of rotatable bonds is 2. The van der Waals surface area contributed by atoms with Crippen LogP contribution >= 0.6 is 40.2 Å². The van der Waals surface area contributed by atoms with E-state index in [9.17, 15) is 4.79 Å². The number of nitrogens with one attached hydrogen (secondary N) is 1. The summed E-state index contributed by atoms with van der Waals surface area (Å²) >= 11 is 13.4. The molecule has 20 heavy (non-hydrogen) atoms. The Bertz CT molecular complexity index is 728. The molecule has 2 aromatic carbocycles. The van der Waals surface area contributed by atoms with Gasteiger partial charge in [-0.3, -0.25) is 4.79 Å². The van der Waals surface area contributed by atoms with Gasteiger partial charge >= 0.3 is 0 Å². The van der Waals surface area contributed by atoms with Crippen LogP contribution in [0.3, 0.4) is 0 Å². The summed E-state index contributed by atoms with van der Waals surface area (Å²) in [5.74, 6) is -0.346. The van der Waals surface area contributed by atoms with Crippen LogP contribution in [0.5, 0.6) is 0 Å². The molecule has 0 spiro atoms. The molecule has 0 saturated heterocycles. The molecule has 1 amide bonds. The Morgan fingerprint density at radius 1 is 1.30 bits per heavy atom. The molecule has 6 heteroatoms. The first kappa shape index (κ1) is 14.9. The van der Waals surface area contributed by atoms with Crippen LogP contribution in [0.15, 0.2) is 45.8 Å². The Kier molecular flexibility index (Phi) is 4.71. The van der Waals surface area contributed by atoms with E-state index in [-0.39, 0.29) is 5.91 Å². The number of carbonyl (C=O) groups is 1. The molecule has 3 nitrogen and oxygen atoms in total. The molecule has 0 bridgehead atoms. The number of anilines is 1. The minimum absolute atomic E-state index is 0.346. The molecule has 0 aliphatic carbocycles. The van der Waals surface area contributed by atoms with E-state index in [4.69, 9.17) is 16.9 Å². The predicted molar refractivity (Wildman–Crippen MR) is 85.5 cm³/mol. The summed E-state index contributed by atoms with van der Waals surface area (Å²) in [6, 6.07) is 11.8. The molecule has 0 aromatic heterocycles. The van der Waals surface area contributed by atoms with Gasteiger partial charge in [0.2, 0.25) is 0 Å². The number of carbonyl (C=O) groups excluding carboxylic acids is 1. The number of hydrogen-bond acceptors (Lipinski definition) is 3. The first-order chi connectivity index (χ1) is 9.51. The maximum Gasteiger partial charge on any atom is 0.256 e. The minimum atomic E-state index is -0.346. The number of nitriles is 1. The molecular formula is C14H8BrClN2OS. The van der Waals surface area contributed by atoms with Crippen molar-refractivity contribution in [2.45, 2.75) is 4.90 Å². The monoisotopic (exact) mass is 366 g/mol. The first-order valence-electron chi connectivity index (χ1n) is 5.51. The lowest BCUT2D eigenvalue weighted by atomic mass is 10.1. The van der Waals surface area contributed by atoms with Crippen LogP contribution in [-0.4, -0.2) is 5.91 Å². The van der Waals surface area contributed by atoms with Gasteiger partial charge in [0.25, 0.3) is 5.91 Å². The summed E-state index contributed by atoms with van der Waals surface area (Å²) in [4.78, 5) is 12.7. The zero-order valence-electron chi connectivity index (χ0n) is 10.0. The number of nitrogens with zero attached hydrogens (tertiary/aromatic N) is 1. The van der Waals surface area contributed by atoms with E-state index in [1.54, 1.807) is 30.3 Å². The number of benzene rings is 2. The van der Waals surface area contributed by atoms with Gasteiger partial charge < -0.3 is 5.32 Å². The quantitative estimate of drug-likeness (QED) is 0.767. The van der Waals surface area contributed by atoms with Crippen LogP contribution in [0.4, 0.5) is 5.69 Å². The van der Waals surface area contributed by atoms with Crippen LogP contribution in [0.1, 0.15) is 15.9 Å². The Labute approximate surface area is 135 Å². The van der Waals surface area contributed by atoms with Gasteiger partial charge in [-0.15, -0.1) is 12.6 Å². The van der Waals surface area contributed by atoms with Crippen LogP contribution in [0.2, 0.25) is 5.02 Å². The Balaban J connectivity index is 2.33. The van der Waals surface area contributed by atoms with Gasteiger partial charge in [0.05, 0.1) is 16.8 Å². The zero-order chi connectivity index (χ0) is 14.7. The summed E-state index contributed by atoms with van der Waals surface area (Å²) in [6.07, 6.45) is 0. The highest BCUT2D eigenvalue weighted by atomic mass is 79.9. The molecule has 0 fully saturated rings. The smallest absolute Gasteiger partial charge is 0.256 e. The van der Waals surface area contributed by atoms with Crippen molar-refractivity contribution in [2.24, 2.45) is 0 Å². The van der Waals surface area contributed by atoms with E-state index in [0.717, 1.165) is 4.47 Å². The second-order valence-corrected chi connectivity index (χ2v) is 5.75. The average Bonchev–Trinajstić information content (AvgIpc) is 2.38. The Morgan fingerprint density at radius 2 is 2.05 bits per heavy atom. The summed E-state index contributed by atoms with van der Waals surface area (Å²) in [6.45, 7) is 0. The number of thiol groups is 1. The molecule has 0 radical (unpaired) electrons. The van der Waals surface area contributed by atoms with Gasteiger partial charge in [-0.05, 0) is 36.4 Å². The third-order valence-corrected chi connectivity index (χ3v) is 3.65. The van der Waals surface area contributed by atoms with Crippen molar-refractivity contribution in [1.82, 2.24) is 0 Å². The SMILES string of the molecule is N#Cc1ccc(Cl)cc1NC(=O)c1ccc(Br)cc1S. The molecule has 0 aliphatic heterocycles. The van der Waals surface area contributed by atoms with E-state index in [0.29, 0.717) is 26.7 Å². The summed E-state index contributed by atoms with van der Waals surface area (Å²) in [5.41, 5.74) is 1.14. The second kappa shape index (κ2) is 6.31. The molecule has 0 unspecified atom stereocenters. The fourth-order valence-corrected chi connectivity index (χ4v) is 2.63. The van der Waals surface area contributed by atoms with Gasteiger partial charge in [-0.2, -0.15) is 5.26 Å². The highest BCUT2D eigenvalue weighted by molar-refractivity contribution is 9.10. The molecule has 0 saturated carbocycles. The fraction of sp³-hybridized carbons (Fsp3) is 0. The lowest BCUT2D eigenvalue weighted by Crippen LogP contribution is -2.13. The van der Waals surface area contributed by atoms with Gasteiger partial charge in [0, 0.05) is 14.4 Å². The first-order valence-corrected chi connectivity index (χ1v) is 7.12. The van der Waals surface area contributed by atoms with Gasteiger partial charge in [0.1, 0.15) is 6.07 Å². The molecule has 0 heterocycles. The van der Waals surface area contributed by atoms with Crippen LogP contribution in [0, 0.1) is 11.3 Å². The van der Waals surface area contributed by atoms with Crippen molar-refractivity contribution in [3.05, 3.63) is 57.0 Å². The maximum absolute atomic E-state index is 12.2. The van der Waals surface area contributed by atoms with Gasteiger partial charge in [-0.1, -0.05) is 27.5 Å². The average molecular weight is 368 g/mol. The number of halogens is 2. The van der Waals surface area contributed by atoms with Crippen molar-refractivity contribution in [1.29, 1.82) is 5.26 Å². The van der Waals surface area contributed by atoms with Crippen LogP contribution in [-0.2, 0) is 0 Å². The standard InChI is InChI=1S/C14H8BrClN2OS/c15-9-2-4-11(13(20)5-9)14(19)18-12-6-10(16)3-1-8(12)7-17/h1-6,20H,(H,18,19). The summed E-state index contributed by atoms with van der Waals surface area (Å²) < 4.78 is 0.833. The Morgan fingerprint density at radius 3 is 2.70 bits per heavy atom. The number of hydrogen-bond donors (Lipinski definition) is 2. The third kappa shape index (κ3) is 3.34. The van der Waals surface area contributed by atoms with Crippen LogP contribution in [0.25, 0.3) is 0 Å². The van der Waals surface area contributed by atoms with Crippen LogP contribution < -0.4 is 5.32 Å². The zero-order valence-corrected chi connectivity index (χ0v) is 13.3. The predicted octanol–water partition coefficient (Wildman–Crippen LogP) is 4.52. The van der Waals surface area contributed by atoms with Crippen molar-refractivity contribution < 1.29 is 4.79 Å². The lowest BCUT2D eigenvalue weighted by Gasteiger charge is -2.09. The Hall–Kier alpha value is -1.48. The van der Waals surface area contributed by atoms with E-state index >= 15 is 0 Å². The summed E-state index contributed by atoms with van der Waals surface area (Å²) in [7, 11) is 0. The molecule has 2 rings (SSSR count). The molecule has 2 aromatic rings. The lowest BCUT2D eigenvalue weighted by molar-refractivity contribution is 0.102. The maximum atomic E-state index is 12.2. The molecule has 0 atom stereocenters. The molecule has 100 valence electrons. The van der Waals surface area contributed by atoms with Crippen molar-refractivity contribution >= 4 is 51.8 Å². The van der Waals surface area contributed by atoms with Crippen molar-refractivity contribution in [3.8, 4) is 6.07 Å². The highest BCUT2D eigenvalue weighted by Crippen LogP contribution is 2.24. The van der Waals surface area contributed by atoms with Crippen molar-refractivity contribution in [3.63, 3.8) is 0 Å². The van der Waals surface area contributed by atoms with E-state index in [1.165, 1.54) is 6.07 Å². The van der Waals surface area contributed by atoms with Crippen molar-refractivity contribution in [2.75, 3.05) is 5.32 Å². The fourth-order valence-electron chi connectivity index (χ4n) is 1.60. The number of amides is 1. The van der Waals surface area contributed by atoms with E-state index in [1.807, 2.05) is 6.07 Å². The molecular weight excluding hydrogens is 360 g/mol. The van der Waals surface area contributed by atoms with Gasteiger partial charge in [0.15, 0.2) is 0 Å². The molecule has 0 aliphatic rings. The largest absolute Gasteiger partial charge is 0.321 e. The normalized spacial score (nSPS) is 9.90. The second-order valence-electron chi connectivity index (χ2n) is 3.92. The summed E-state index contributed by atoms with van der Waals surface area (Å²) in [5, 5.41) is 12.1. The van der Waals surface area contributed by atoms with E-state index < -0.39 is 0 Å². The van der Waals surface area contributed by atoms with E-state index in [2.05, 4.69) is 33.9 Å². The highest BCUT2D eigenvalue weighted by Gasteiger charge is 2.12. The third-order valence-electron chi connectivity index (χ3n) is 2.55. The van der Waals surface area contributed by atoms with Gasteiger partial charge in [-0.25, -0.2) is 0 Å². The topological polar surface area (TPSA) is 52.9 Å². The minimum Gasteiger partial charge on any atom is -0.321 e.